The van der Waals surface area contributed by atoms with Crippen molar-refractivity contribution in [1.82, 2.24) is 20.0 Å². The van der Waals surface area contributed by atoms with Crippen LogP contribution in [0.15, 0.2) is 95.7 Å². The number of rotatable bonds is 3. The summed E-state index contributed by atoms with van der Waals surface area (Å²) in [6, 6.07) is 24.1. The van der Waals surface area contributed by atoms with Crippen molar-refractivity contribution >= 4 is 32.9 Å². The first kappa shape index (κ1) is 21.5. The third kappa shape index (κ3) is 4.07. The molecule has 3 aromatic carbocycles. The Morgan fingerprint density at radius 2 is 1.77 bits per heavy atom. The molecule has 2 aromatic heterocycles. The van der Waals surface area contributed by atoms with E-state index in [2.05, 4.69) is 36.9 Å². The number of aromatic amines is 1. The fraction of sp³-hybridized carbons (Fsp3) is 0.0741. The maximum absolute atomic E-state index is 13.3. The van der Waals surface area contributed by atoms with Gasteiger partial charge in [0.1, 0.15) is 18.4 Å². The molecule has 0 saturated carbocycles. The van der Waals surface area contributed by atoms with E-state index in [1.807, 2.05) is 54.6 Å². The van der Waals surface area contributed by atoms with Gasteiger partial charge in [-0.1, -0.05) is 58.4 Å². The molecule has 1 amide bonds. The molecule has 0 spiro atoms. The number of hydrogen-bond acceptors (Lipinski definition) is 5. The summed E-state index contributed by atoms with van der Waals surface area (Å²) < 4.78 is 6.60. The van der Waals surface area contributed by atoms with E-state index in [1.165, 1.54) is 5.06 Å². The molecule has 6 rings (SSSR count). The molecular formula is C27H19BrN4O3. The van der Waals surface area contributed by atoms with Gasteiger partial charge in [0.05, 0.1) is 5.69 Å². The van der Waals surface area contributed by atoms with Gasteiger partial charge in [-0.05, 0) is 42.0 Å². The number of nitrogens with zero attached hydrogens (tertiary/aromatic N) is 3. The minimum atomic E-state index is -0.595. The molecule has 8 heteroatoms. The van der Waals surface area contributed by atoms with Crippen LogP contribution in [0.5, 0.6) is 5.75 Å². The highest BCUT2D eigenvalue weighted by atomic mass is 79.9. The standard InChI is InChI=1S/C27H19BrN4O3/c28-19-11-12-23-21(15-19)22-16-34-32(27(33)35-20-5-2-1-3-6-20)25(24(22)31-23)17-7-9-18(10-8-17)26-29-13-4-14-30-26/h1-15,25,31H,16H2. The number of amides is 1. The van der Waals surface area contributed by atoms with Crippen LogP contribution in [-0.4, -0.2) is 26.1 Å². The van der Waals surface area contributed by atoms with E-state index < -0.39 is 12.1 Å². The predicted octanol–water partition coefficient (Wildman–Crippen LogP) is 6.42. The van der Waals surface area contributed by atoms with E-state index in [4.69, 9.17) is 9.57 Å². The van der Waals surface area contributed by atoms with Crippen molar-refractivity contribution in [1.29, 1.82) is 0 Å². The van der Waals surface area contributed by atoms with Crippen LogP contribution in [0.4, 0.5) is 4.79 Å². The Balaban J connectivity index is 1.42. The van der Waals surface area contributed by atoms with Crippen molar-refractivity contribution in [2.24, 2.45) is 0 Å². The first-order valence-electron chi connectivity index (χ1n) is 11.0. The lowest BCUT2D eigenvalue weighted by atomic mass is 9.97. The molecule has 0 radical (unpaired) electrons. The number of benzene rings is 3. The minimum absolute atomic E-state index is 0.238. The smallest absolute Gasteiger partial charge is 0.409 e. The Bertz CT molecular complexity index is 1500. The summed E-state index contributed by atoms with van der Waals surface area (Å²) in [7, 11) is 0. The number of fused-ring (bicyclic) bond motifs is 3. The van der Waals surface area contributed by atoms with Crippen molar-refractivity contribution < 1.29 is 14.4 Å². The number of ether oxygens (including phenoxy) is 1. The first-order valence-corrected chi connectivity index (χ1v) is 11.8. The number of H-pyrrole nitrogens is 1. The van der Waals surface area contributed by atoms with Crippen LogP contribution in [0.25, 0.3) is 22.3 Å². The molecule has 0 fully saturated rings. The second-order valence-electron chi connectivity index (χ2n) is 8.08. The lowest BCUT2D eigenvalue weighted by molar-refractivity contribution is -0.168. The molecule has 1 unspecified atom stereocenters. The highest BCUT2D eigenvalue weighted by Gasteiger charge is 2.37. The van der Waals surface area contributed by atoms with Crippen LogP contribution < -0.4 is 4.74 Å². The molecule has 35 heavy (non-hydrogen) atoms. The van der Waals surface area contributed by atoms with Crippen LogP contribution in [0.2, 0.25) is 0 Å². The largest absolute Gasteiger partial charge is 0.440 e. The van der Waals surface area contributed by atoms with E-state index in [-0.39, 0.29) is 6.61 Å². The van der Waals surface area contributed by atoms with Gasteiger partial charge in [0, 0.05) is 38.9 Å². The molecule has 7 nitrogen and oxygen atoms in total. The van der Waals surface area contributed by atoms with Gasteiger partial charge >= 0.3 is 6.09 Å². The number of carbonyl (C=O) groups excluding carboxylic acids is 1. The second-order valence-corrected chi connectivity index (χ2v) is 9.00. The molecule has 172 valence electrons. The zero-order valence-corrected chi connectivity index (χ0v) is 20.0. The third-order valence-electron chi connectivity index (χ3n) is 5.94. The number of aromatic nitrogens is 3. The van der Waals surface area contributed by atoms with Gasteiger partial charge in [-0.15, -0.1) is 0 Å². The van der Waals surface area contributed by atoms with Gasteiger partial charge in [0.15, 0.2) is 5.82 Å². The number of para-hydroxylation sites is 1. The van der Waals surface area contributed by atoms with Crippen LogP contribution >= 0.6 is 15.9 Å². The summed E-state index contributed by atoms with van der Waals surface area (Å²) in [4.78, 5) is 31.4. The van der Waals surface area contributed by atoms with E-state index in [1.54, 1.807) is 30.6 Å². The molecule has 5 aromatic rings. The maximum atomic E-state index is 13.3. The van der Waals surface area contributed by atoms with E-state index in [9.17, 15) is 4.79 Å². The summed E-state index contributed by atoms with van der Waals surface area (Å²) in [5, 5.41) is 2.35. The molecule has 0 bridgehead atoms. The number of hydroxylamine groups is 2. The Hall–Kier alpha value is -4.01. The van der Waals surface area contributed by atoms with Gasteiger partial charge in [0.2, 0.25) is 0 Å². The summed E-state index contributed by atoms with van der Waals surface area (Å²) >= 11 is 3.56. The fourth-order valence-electron chi connectivity index (χ4n) is 4.31. The Morgan fingerprint density at radius 1 is 1.00 bits per heavy atom. The van der Waals surface area contributed by atoms with E-state index in [0.717, 1.165) is 37.8 Å². The average molecular weight is 527 g/mol. The van der Waals surface area contributed by atoms with Crippen LogP contribution in [0.3, 0.4) is 0 Å². The molecule has 1 aliphatic heterocycles. The van der Waals surface area contributed by atoms with Crippen LogP contribution in [0, 0.1) is 0 Å². The monoisotopic (exact) mass is 526 g/mol. The van der Waals surface area contributed by atoms with E-state index in [0.29, 0.717) is 11.6 Å². The van der Waals surface area contributed by atoms with E-state index >= 15 is 0 Å². The lowest BCUT2D eigenvalue weighted by Crippen LogP contribution is -2.40. The minimum Gasteiger partial charge on any atom is -0.409 e. The van der Waals surface area contributed by atoms with Gasteiger partial charge in [-0.3, -0.25) is 4.84 Å². The summed E-state index contributed by atoms with van der Waals surface area (Å²) in [5.74, 6) is 1.08. The van der Waals surface area contributed by atoms with Crippen molar-refractivity contribution in [3.8, 4) is 17.1 Å². The molecule has 1 atom stereocenters. The summed E-state index contributed by atoms with van der Waals surface area (Å²) in [6.45, 7) is 0.238. The van der Waals surface area contributed by atoms with Crippen molar-refractivity contribution in [3.05, 3.63) is 113 Å². The molecular weight excluding hydrogens is 508 g/mol. The topological polar surface area (TPSA) is 80.3 Å². The molecule has 1 N–H and O–H groups in total. The zero-order chi connectivity index (χ0) is 23.8. The van der Waals surface area contributed by atoms with Gasteiger partial charge in [-0.25, -0.2) is 14.8 Å². The fourth-order valence-corrected chi connectivity index (χ4v) is 4.67. The number of carbonyl (C=O) groups is 1. The first-order chi connectivity index (χ1) is 17.2. The summed E-state index contributed by atoms with van der Waals surface area (Å²) in [5.41, 5.74) is 4.61. The van der Waals surface area contributed by atoms with Crippen LogP contribution in [-0.2, 0) is 11.4 Å². The van der Waals surface area contributed by atoms with Gasteiger partial charge < -0.3 is 9.72 Å². The van der Waals surface area contributed by atoms with Gasteiger partial charge in [0.25, 0.3) is 0 Å². The SMILES string of the molecule is O=C(Oc1ccccc1)N1OCc2c([nH]c3ccc(Br)cc23)C1c1ccc(-c2ncccn2)cc1. The zero-order valence-electron chi connectivity index (χ0n) is 18.4. The lowest BCUT2D eigenvalue weighted by Gasteiger charge is -2.34. The average Bonchev–Trinajstić information content (AvgIpc) is 3.27. The second kappa shape index (κ2) is 8.98. The maximum Gasteiger partial charge on any atom is 0.440 e. The highest BCUT2D eigenvalue weighted by Crippen LogP contribution is 2.40. The van der Waals surface area contributed by atoms with Crippen molar-refractivity contribution in [2.45, 2.75) is 12.6 Å². The molecule has 1 aliphatic rings. The predicted molar refractivity (Wildman–Crippen MR) is 134 cm³/mol. The van der Waals surface area contributed by atoms with Crippen molar-refractivity contribution in [3.63, 3.8) is 0 Å². The number of hydrogen-bond donors (Lipinski definition) is 1. The highest BCUT2D eigenvalue weighted by molar-refractivity contribution is 9.10. The van der Waals surface area contributed by atoms with Crippen LogP contribution in [0.1, 0.15) is 22.9 Å². The molecule has 3 heterocycles. The summed E-state index contributed by atoms with van der Waals surface area (Å²) in [6.07, 6.45) is 2.82. The Morgan fingerprint density at radius 3 is 2.54 bits per heavy atom. The third-order valence-corrected chi connectivity index (χ3v) is 6.43. The number of halogens is 1. The molecule has 0 saturated heterocycles. The normalized spacial score (nSPS) is 15.1. The Labute approximate surface area is 209 Å². The number of nitrogens with one attached hydrogen (secondary N) is 1. The Kier molecular flexibility index (Phi) is 5.52. The van der Waals surface area contributed by atoms with Crippen molar-refractivity contribution in [2.75, 3.05) is 0 Å². The quantitative estimate of drug-likeness (QED) is 0.293. The van der Waals surface area contributed by atoms with Gasteiger partial charge in [-0.2, -0.15) is 5.06 Å². The molecule has 0 aliphatic carbocycles.